The summed E-state index contributed by atoms with van der Waals surface area (Å²) in [6, 6.07) is 0. The summed E-state index contributed by atoms with van der Waals surface area (Å²) in [5, 5.41) is 9.33. The average Bonchev–Trinajstić information content (AvgIpc) is 3.21. The Morgan fingerprint density at radius 1 is 1.26 bits per heavy atom. The van der Waals surface area contributed by atoms with E-state index in [2.05, 4.69) is 18.0 Å². The van der Waals surface area contributed by atoms with Gasteiger partial charge in [-0.1, -0.05) is 12.8 Å². The lowest BCUT2D eigenvalue weighted by Crippen LogP contribution is -2.49. The minimum absolute atomic E-state index is 0.0106. The number of aliphatic hydroxyl groups is 1. The lowest BCUT2D eigenvalue weighted by molar-refractivity contribution is -0.179. The van der Waals surface area contributed by atoms with Crippen LogP contribution in [0.5, 0.6) is 0 Å². The second-order valence-corrected chi connectivity index (χ2v) is 8.22. The Balaban J connectivity index is 1.80. The van der Waals surface area contributed by atoms with Gasteiger partial charge in [0.1, 0.15) is 0 Å². The summed E-state index contributed by atoms with van der Waals surface area (Å²) in [6.45, 7) is 6.02. The highest BCUT2D eigenvalue weighted by atomic mass is 16.7. The van der Waals surface area contributed by atoms with Crippen LogP contribution in [0.25, 0.3) is 0 Å². The Morgan fingerprint density at radius 3 is 2.59 bits per heavy atom. The molecule has 3 aliphatic rings. The number of carbonyl (C=O) groups is 1. The number of allylic oxidation sites excluding steroid dienone is 1. The molecule has 0 radical (unpaired) electrons. The molecule has 2 aliphatic heterocycles. The number of carbonyl (C=O) groups excluding carboxylic acids is 1. The first-order valence-corrected chi connectivity index (χ1v) is 10.7. The van der Waals surface area contributed by atoms with Crippen LogP contribution in [0.2, 0.25) is 0 Å². The summed E-state index contributed by atoms with van der Waals surface area (Å²) in [7, 11) is 2.09. The van der Waals surface area contributed by atoms with Crippen LogP contribution in [-0.2, 0) is 14.3 Å². The normalized spacial score (nSPS) is 30.3. The molecule has 1 saturated heterocycles. The third-order valence-electron chi connectivity index (χ3n) is 6.40. The van der Waals surface area contributed by atoms with Gasteiger partial charge in [0, 0.05) is 45.3 Å². The van der Waals surface area contributed by atoms with Crippen LogP contribution in [0, 0.1) is 17.8 Å². The highest BCUT2D eigenvalue weighted by molar-refractivity contribution is 5.91. The first kappa shape index (κ1) is 20.6. The van der Waals surface area contributed by atoms with E-state index in [0.29, 0.717) is 24.2 Å². The van der Waals surface area contributed by atoms with E-state index in [4.69, 9.17) is 9.47 Å². The third kappa shape index (κ3) is 5.04. The number of amides is 1. The molecule has 0 aromatic rings. The maximum Gasteiger partial charge on any atom is 0.288 e. The smallest absolute Gasteiger partial charge is 0.288 e. The van der Waals surface area contributed by atoms with Crippen LogP contribution in [0.1, 0.15) is 45.4 Å². The maximum absolute atomic E-state index is 13.1. The van der Waals surface area contributed by atoms with Gasteiger partial charge in [0.05, 0.1) is 0 Å². The summed E-state index contributed by atoms with van der Waals surface area (Å²) < 4.78 is 12.1. The summed E-state index contributed by atoms with van der Waals surface area (Å²) in [6.07, 6.45) is 8.30. The molecule has 1 saturated carbocycles. The molecule has 154 valence electrons. The molecular weight excluding hydrogens is 344 g/mol. The molecule has 0 unspecified atom stereocenters. The van der Waals surface area contributed by atoms with Gasteiger partial charge in [0.2, 0.25) is 6.29 Å². The number of likely N-dealkylation sites (N-methyl/N-ethyl adjacent to an activating group) is 1. The Kier molecular flexibility index (Phi) is 7.56. The third-order valence-corrected chi connectivity index (χ3v) is 6.40. The number of aliphatic hydroxyl groups excluding tert-OH is 1. The average molecular weight is 381 g/mol. The van der Waals surface area contributed by atoms with E-state index in [1.807, 2.05) is 11.8 Å². The quantitative estimate of drug-likeness (QED) is 0.734. The van der Waals surface area contributed by atoms with E-state index in [-0.39, 0.29) is 24.7 Å². The van der Waals surface area contributed by atoms with Crippen LogP contribution in [-0.4, -0.2) is 73.5 Å². The molecule has 2 heterocycles. The van der Waals surface area contributed by atoms with Crippen LogP contribution in [0.15, 0.2) is 11.8 Å². The number of rotatable bonds is 7. The Bertz CT molecular complexity index is 510. The van der Waals surface area contributed by atoms with Gasteiger partial charge in [-0.25, -0.2) is 0 Å². The summed E-state index contributed by atoms with van der Waals surface area (Å²) in [5.41, 5.74) is 0. The van der Waals surface area contributed by atoms with Crippen LogP contribution in [0.3, 0.4) is 0 Å². The van der Waals surface area contributed by atoms with Crippen LogP contribution < -0.4 is 0 Å². The van der Waals surface area contributed by atoms with E-state index in [1.54, 1.807) is 0 Å². The molecule has 3 atom stereocenters. The molecule has 27 heavy (non-hydrogen) atoms. The van der Waals surface area contributed by atoms with Gasteiger partial charge in [-0.15, -0.1) is 0 Å². The van der Waals surface area contributed by atoms with E-state index in [0.717, 1.165) is 39.0 Å². The van der Waals surface area contributed by atoms with Crippen molar-refractivity contribution in [2.24, 2.45) is 17.8 Å². The van der Waals surface area contributed by atoms with Gasteiger partial charge >= 0.3 is 0 Å². The zero-order chi connectivity index (χ0) is 19.2. The fourth-order valence-corrected chi connectivity index (χ4v) is 4.82. The summed E-state index contributed by atoms with van der Waals surface area (Å²) in [4.78, 5) is 17.3. The molecule has 1 N–H and O–H groups in total. The summed E-state index contributed by atoms with van der Waals surface area (Å²) in [5.74, 6) is 1.60. The van der Waals surface area contributed by atoms with Gasteiger partial charge in [-0.2, -0.15) is 0 Å². The van der Waals surface area contributed by atoms with Crippen molar-refractivity contribution >= 4 is 5.91 Å². The van der Waals surface area contributed by atoms with Crippen molar-refractivity contribution in [3.63, 3.8) is 0 Å². The molecule has 0 bridgehead atoms. The lowest BCUT2D eigenvalue weighted by atomic mass is 9.76. The number of piperazine rings is 1. The highest BCUT2D eigenvalue weighted by Gasteiger charge is 2.42. The van der Waals surface area contributed by atoms with Crippen molar-refractivity contribution < 1.29 is 19.4 Å². The first-order chi connectivity index (χ1) is 13.1. The standard InChI is InChI=1S/C21H36N2O4/c1-3-26-21-17(9-6-14-24)18(16-7-4-5-8-16)15-19(27-21)20(25)23-12-10-22(2)11-13-23/h15-18,21,24H,3-14H2,1-2H3/t17-,18+,21+/m1/s1. The van der Waals surface area contributed by atoms with Gasteiger partial charge in [0.15, 0.2) is 5.76 Å². The molecule has 6 heteroatoms. The largest absolute Gasteiger partial charge is 0.459 e. The van der Waals surface area contributed by atoms with Gasteiger partial charge in [0.25, 0.3) is 5.91 Å². The lowest BCUT2D eigenvalue weighted by Gasteiger charge is -2.41. The van der Waals surface area contributed by atoms with Crippen molar-refractivity contribution in [1.82, 2.24) is 9.80 Å². The van der Waals surface area contributed by atoms with E-state index < -0.39 is 0 Å². The number of ether oxygens (including phenoxy) is 2. The molecule has 0 spiro atoms. The van der Waals surface area contributed by atoms with Crippen molar-refractivity contribution in [2.75, 3.05) is 46.4 Å². The molecule has 3 rings (SSSR count). The molecule has 2 fully saturated rings. The van der Waals surface area contributed by atoms with Crippen molar-refractivity contribution in [3.05, 3.63) is 11.8 Å². The van der Waals surface area contributed by atoms with Gasteiger partial charge in [-0.3, -0.25) is 4.79 Å². The number of nitrogens with zero attached hydrogens (tertiary/aromatic N) is 2. The van der Waals surface area contributed by atoms with Gasteiger partial charge < -0.3 is 24.4 Å². The van der Waals surface area contributed by atoms with Crippen molar-refractivity contribution in [2.45, 2.75) is 51.7 Å². The number of hydrogen-bond donors (Lipinski definition) is 1. The predicted octanol–water partition coefficient (Wildman–Crippen LogP) is 2.23. The molecule has 0 aromatic heterocycles. The Labute approximate surface area is 163 Å². The zero-order valence-electron chi connectivity index (χ0n) is 16.9. The van der Waals surface area contributed by atoms with Crippen molar-refractivity contribution in [1.29, 1.82) is 0 Å². The monoisotopic (exact) mass is 380 g/mol. The van der Waals surface area contributed by atoms with Crippen LogP contribution >= 0.6 is 0 Å². The second kappa shape index (κ2) is 9.89. The summed E-state index contributed by atoms with van der Waals surface area (Å²) >= 11 is 0. The fraction of sp³-hybridized carbons (Fsp3) is 0.857. The van der Waals surface area contributed by atoms with E-state index in [9.17, 15) is 9.90 Å². The molecule has 1 aliphatic carbocycles. The molecule has 6 nitrogen and oxygen atoms in total. The SMILES string of the molecule is CCO[C@H]1OC(C(=O)N2CCN(C)CC2)=C[C@@H](C2CCCC2)[C@H]1CCCO. The predicted molar refractivity (Wildman–Crippen MR) is 104 cm³/mol. The maximum atomic E-state index is 13.1. The minimum Gasteiger partial charge on any atom is -0.459 e. The van der Waals surface area contributed by atoms with Gasteiger partial charge in [-0.05, 0) is 57.6 Å². The molecule has 0 aromatic carbocycles. The highest BCUT2D eigenvalue weighted by Crippen LogP contribution is 2.43. The topological polar surface area (TPSA) is 62.2 Å². The Hall–Kier alpha value is -1.11. The van der Waals surface area contributed by atoms with Crippen molar-refractivity contribution in [3.8, 4) is 0 Å². The minimum atomic E-state index is -0.386. The molecular formula is C21H36N2O4. The van der Waals surface area contributed by atoms with Crippen LogP contribution in [0.4, 0.5) is 0 Å². The van der Waals surface area contributed by atoms with E-state index in [1.165, 1.54) is 25.7 Å². The molecule has 1 amide bonds. The zero-order valence-corrected chi connectivity index (χ0v) is 16.9. The Morgan fingerprint density at radius 2 is 1.96 bits per heavy atom. The first-order valence-electron chi connectivity index (χ1n) is 10.7. The van der Waals surface area contributed by atoms with E-state index >= 15 is 0 Å². The fourth-order valence-electron chi connectivity index (χ4n) is 4.82. The number of hydrogen-bond acceptors (Lipinski definition) is 5. The second-order valence-electron chi connectivity index (χ2n) is 8.22.